The van der Waals surface area contributed by atoms with Gasteiger partial charge in [-0.15, -0.1) is 0 Å². The number of aryl methyl sites for hydroxylation is 1. The molecule has 0 aromatic heterocycles. The number of nitrogen functional groups attached to an aromatic ring is 1. The third-order valence-corrected chi connectivity index (χ3v) is 3.60. The van der Waals surface area contributed by atoms with Gasteiger partial charge in [0, 0.05) is 18.8 Å². The Labute approximate surface area is 126 Å². The summed E-state index contributed by atoms with van der Waals surface area (Å²) in [4.78, 5) is 2.37. The highest BCUT2D eigenvalue weighted by molar-refractivity contribution is 5.40. The summed E-state index contributed by atoms with van der Waals surface area (Å²) in [5.41, 5.74) is 10.0. The summed E-state index contributed by atoms with van der Waals surface area (Å²) in [6, 6.07) is 13.0. The van der Waals surface area contributed by atoms with E-state index in [0.29, 0.717) is 0 Å². The number of nitrogens with two attached hydrogens (primary N) is 1. The minimum Gasteiger partial charge on any atom is -0.399 e. The van der Waals surface area contributed by atoms with Gasteiger partial charge < -0.3 is 5.73 Å². The average Bonchev–Trinajstić information content (AvgIpc) is 2.42. The molecule has 0 saturated carbocycles. The molecule has 3 heteroatoms. The van der Waals surface area contributed by atoms with E-state index in [1.54, 1.807) is 6.07 Å². The van der Waals surface area contributed by atoms with E-state index in [0.717, 1.165) is 37.3 Å². The maximum atomic E-state index is 13.2. The lowest BCUT2D eigenvalue weighted by Gasteiger charge is -2.23. The fourth-order valence-electron chi connectivity index (χ4n) is 2.56. The maximum absolute atomic E-state index is 13.2. The lowest BCUT2D eigenvalue weighted by atomic mass is 10.1. The third kappa shape index (κ3) is 4.57. The molecule has 2 N–H and O–H groups in total. The molecule has 0 amide bonds. The molecule has 21 heavy (non-hydrogen) atoms. The maximum Gasteiger partial charge on any atom is 0.123 e. The zero-order chi connectivity index (χ0) is 15.2. The second kappa shape index (κ2) is 7.23. The van der Waals surface area contributed by atoms with Crippen LogP contribution in [-0.2, 0) is 13.1 Å². The van der Waals surface area contributed by atoms with Gasteiger partial charge in [-0.3, -0.25) is 4.90 Å². The average molecular weight is 286 g/mol. The van der Waals surface area contributed by atoms with Gasteiger partial charge in [-0.25, -0.2) is 4.39 Å². The topological polar surface area (TPSA) is 29.3 Å². The minimum atomic E-state index is -0.172. The van der Waals surface area contributed by atoms with Gasteiger partial charge in [0.1, 0.15) is 5.82 Å². The molecule has 0 bridgehead atoms. The smallest absolute Gasteiger partial charge is 0.123 e. The minimum absolute atomic E-state index is 0.172. The molecule has 0 spiro atoms. The molecule has 0 radical (unpaired) electrons. The van der Waals surface area contributed by atoms with E-state index in [-0.39, 0.29) is 5.82 Å². The lowest BCUT2D eigenvalue weighted by Crippen LogP contribution is -2.24. The molecule has 112 valence electrons. The van der Waals surface area contributed by atoms with E-state index in [9.17, 15) is 4.39 Å². The Kier molecular flexibility index (Phi) is 5.34. The van der Waals surface area contributed by atoms with Crippen molar-refractivity contribution in [3.05, 3.63) is 65.0 Å². The van der Waals surface area contributed by atoms with Crippen LogP contribution >= 0.6 is 0 Å². The Morgan fingerprint density at radius 1 is 1.10 bits per heavy atom. The van der Waals surface area contributed by atoms with Crippen LogP contribution in [0.15, 0.2) is 42.5 Å². The molecule has 0 aliphatic rings. The summed E-state index contributed by atoms with van der Waals surface area (Å²) in [6.45, 7) is 6.82. The predicted molar refractivity (Wildman–Crippen MR) is 86.4 cm³/mol. The van der Waals surface area contributed by atoms with Crippen molar-refractivity contribution in [3.63, 3.8) is 0 Å². The summed E-state index contributed by atoms with van der Waals surface area (Å²) >= 11 is 0. The fourth-order valence-corrected chi connectivity index (χ4v) is 2.56. The number of hydrogen-bond acceptors (Lipinski definition) is 2. The van der Waals surface area contributed by atoms with Crippen molar-refractivity contribution in [1.82, 2.24) is 4.90 Å². The first-order valence-corrected chi connectivity index (χ1v) is 7.40. The van der Waals surface area contributed by atoms with Crippen LogP contribution in [0.25, 0.3) is 0 Å². The molecule has 0 saturated heterocycles. The van der Waals surface area contributed by atoms with Crippen LogP contribution < -0.4 is 5.73 Å². The molecule has 0 unspecified atom stereocenters. The second-order valence-corrected chi connectivity index (χ2v) is 5.53. The van der Waals surface area contributed by atoms with Crippen LogP contribution in [0.5, 0.6) is 0 Å². The Bertz CT molecular complexity index is 596. The molecule has 2 aromatic carbocycles. The Morgan fingerprint density at radius 2 is 1.90 bits per heavy atom. The first kappa shape index (κ1) is 15.5. The summed E-state index contributed by atoms with van der Waals surface area (Å²) in [7, 11) is 0. The molecule has 0 atom stereocenters. The van der Waals surface area contributed by atoms with Gasteiger partial charge in [-0.05, 0) is 60.8 Å². The van der Waals surface area contributed by atoms with E-state index in [4.69, 9.17) is 5.73 Å². The highest BCUT2D eigenvalue weighted by Crippen LogP contribution is 2.16. The van der Waals surface area contributed by atoms with Gasteiger partial charge in [-0.2, -0.15) is 0 Å². The fraction of sp³-hybridized carbons (Fsp3) is 0.333. The van der Waals surface area contributed by atoms with Gasteiger partial charge in [0.15, 0.2) is 0 Å². The Balaban J connectivity index is 2.11. The van der Waals surface area contributed by atoms with Gasteiger partial charge in [0.2, 0.25) is 0 Å². The summed E-state index contributed by atoms with van der Waals surface area (Å²) in [5.74, 6) is -0.172. The molecular weight excluding hydrogens is 263 g/mol. The van der Waals surface area contributed by atoms with Crippen molar-refractivity contribution in [2.45, 2.75) is 33.4 Å². The summed E-state index contributed by atoms with van der Waals surface area (Å²) in [6.07, 6.45) is 1.09. The number of rotatable bonds is 6. The molecular formula is C18H23FN2. The molecule has 0 aliphatic carbocycles. The van der Waals surface area contributed by atoms with Crippen LogP contribution in [-0.4, -0.2) is 11.4 Å². The zero-order valence-corrected chi connectivity index (χ0v) is 12.8. The Morgan fingerprint density at radius 3 is 2.57 bits per heavy atom. The molecule has 0 aliphatic heterocycles. The van der Waals surface area contributed by atoms with E-state index in [2.05, 4.69) is 17.9 Å². The number of benzene rings is 2. The van der Waals surface area contributed by atoms with Crippen LogP contribution in [0.1, 0.15) is 30.0 Å². The molecule has 2 nitrogen and oxygen atoms in total. The highest BCUT2D eigenvalue weighted by atomic mass is 19.1. The van der Waals surface area contributed by atoms with Crippen LogP contribution in [0.4, 0.5) is 10.1 Å². The SMILES string of the molecule is CCCN(Cc1cccc(N)c1)Cc1ccc(F)cc1C. The van der Waals surface area contributed by atoms with Crippen LogP contribution in [0, 0.1) is 12.7 Å². The van der Waals surface area contributed by atoms with E-state index < -0.39 is 0 Å². The molecule has 0 heterocycles. The second-order valence-electron chi connectivity index (χ2n) is 5.53. The third-order valence-electron chi connectivity index (χ3n) is 3.60. The van der Waals surface area contributed by atoms with Gasteiger partial charge in [0.05, 0.1) is 0 Å². The van der Waals surface area contributed by atoms with Crippen molar-refractivity contribution in [3.8, 4) is 0 Å². The first-order valence-electron chi connectivity index (χ1n) is 7.40. The summed E-state index contributed by atoms with van der Waals surface area (Å²) in [5, 5.41) is 0. The van der Waals surface area contributed by atoms with E-state index in [1.165, 1.54) is 17.2 Å². The molecule has 2 aromatic rings. The van der Waals surface area contributed by atoms with Gasteiger partial charge in [-0.1, -0.05) is 25.1 Å². The standard InChI is InChI=1S/C18H23FN2/c1-3-9-21(12-15-5-4-6-18(20)11-15)13-16-7-8-17(19)10-14(16)2/h4-8,10-11H,3,9,12-13,20H2,1-2H3. The van der Waals surface area contributed by atoms with Crippen molar-refractivity contribution in [2.75, 3.05) is 12.3 Å². The quantitative estimate of drug-likeness (QED) is 0.809. The van der Waals surface area contributed by atoms with Crippen molar-refractivity contribution >= 4 is 5.69 Å². The zero-order valence-electron chi connectivity index (χ0n) is 12.8. The highest BCUT2D eigenvalue weighted by Gasteiger charge is 2.09. The lowest BCUT2D eigenvalue weighted by molar-refractivity contribution is 0.257. The number of hydrogen-bond donors (Lipinski definition) is 1. The van der Waals surface area contributed by atoms with Crippen molar-refractivity contribution < 1.29 is 4.39 Å². The molecule has 2 rings (SSSR count). The first-order chi connectivity index (χ1) is 10.1. The van der Waals surface area contributed by atoms with E-state index >= 15 is 0 Å². The predicted octanol–water partition coefficient (Wildman–Crippen LogP) is 4.13. The van der Waals surface area contributed by atoms with Crippen LogP contribution in [0.2, 0.25) is 0 Å². The summed E-state index contributed by atoms with van der Waals surface area (Å²) < 4.78 is 13.2. The van der Waals surface area contributed by atoms with Crippen LogP contribution in [0.3, 0.4) is 0 Å². The number of anilines is 1. The van der Waals surface area contributed by atoms with Crippen molar-refractivity contribution in [1.29, 1.82) is 0 Å². The molecule has 0 fully saturated rings. The number of nitrogens with zero attached hydrogens (tertiary/aromatic N) is 1. The normalized spacial score (nSPS) is 11.0. The van der Waals surface area contributed by atoms with Gasteiger partial charge >= 0.3 is 0 Å². The Hall–Kier alpha value is -1.87. The van der Waals surface area contributed by atoms with Gasteiger partial charge in [0.25, 0.3) is 0 Å². The largest absolute Gasteiger partial charge is 0.399 e. The monoisotopic (exact) mass is 286 g/mol. The van der Waals surface area contributed by atoms with Crippen molar-refractivity contribution in [2.24, 2.45) is 0 Å². The number of halogens is 1. The van der Waals surface area contributed by atoms with E-state index in [1.807, 2.05) is 31.2 Å².